The van der Waals surface area contributed by atoms with Gasteiger partial charge in [0.2, 0.25) is 16.9 Å². The zero-order valence-electron chi connectivity index (χ0n) is 15.5. The summed E-state index contributed by atoms with van der Waals surface area (Å²) in [6, 6.07) is -0.509. The van der Waals surface area contributed by atoms with Gasteiger partial charge in [-0.15, -0.1) is 10.2 Å². The van der Waals surface area contributed by atoms with Crippen LogP contribution in [0.3, 0.4) is 0 Å². The Morgan fingerprint density at radius 3 is 2.19 bits per heavy atom. The number of rotatable bonds is 4. The van der Waals surface area contributed by atoms with Crippen LogP contribution in [0.25, 0.3) is 0 Å². The predicted molar refractivity (Wildman–Crippen MR) is 99.8 cm³/mol. The highest BCUT2D eigenvalue weighted by molar-refractivity contribution is 7.15. The van der Waals surface area contributed by atoms with Crippen LogP contribution in [0.15, 0.2) is 12.2 Å². The minimum absolute atomic E-state index is 0.137. The van der Waals surface area contributed by atoms with Gasteiger partial charge in [0.1, 0.15) is 11.2 Å². The first-order valence-corrected chi connectivity index (χ1v) is 10.1. The van der Waals surface area contributed by atoms with E-state index < -0.39 is 12.2 Å². The maximum Gasteiger partial charge on any atom is 0.322 e. The van der Waals surface area contributed by atoms with Gasteiger partial charge in [-0.1, -0.05) is 37.3 Å². The minimum Gasteiger partial charge on any atom is -0.317 e. The number of anilines is 1. The van der Waals surface area contributed by atoms with Gasteiger partial charge in [0.15, 0.2) is 0 Å². The number of imide groups is 1. The Morgan fingerprint density at radius 2 is 1.70 bits per heavy atom. The average molecular weight is 389 g/mol. The summed E-state index contributed by atoms with van der Waals surface area (Å²) in [5.74, 6) is -0.385. The SMILES string of the molecule is CC(C)c1nnc(NC(=O)N[C@H](C)N2C(=O)[C@H]3[C@H](C2=O)[C@H]2C=C[C@H]3CC2)s1. The fraction of sp³-hybridized carbons (Fsp3) is 0.611. The lowest BCUT2D eigenvalue weighted by Crippen LogP contribution is -2.50. The van der Waals surface area contributed by atoms with E-state index >= 15 is 0 Å². The highest BCUT2D eigenvalue weighted by atomic mass is 32.1. The number of urea groups is 1. The highest BCUT2D eigenvalue weighted by Crippen LogP contribution is 2.49. The number of carbonyl (C=O) groups excluding carboxylic acids is 3. The van der Waals surface area contributed by atoms with Crippen LogP contribution in [-0.4, -0.2) is 39.1 Å². The lowest BCUT2D eigenvalue weighted by atomic mass is 9.63. The molecular weight excluding hydrogens is 366 g/mol. The highest BCUT2D eigenvalue weighted by Gasteiger charge is 2.57. The smallest absolute Gasteiger partial charge is 0.317 e. The number of nitrogens with zero attached hydrogens (tertiary/aromatic N) is 3. The molecule has 27 heavy (non-hydrogen) atoms. The van der Waals surface area contributed by atoms with E-state index in [9.17, 15) is 14.4 Å². The van der Waals surface area contributed by atoms with Gasteiger partial charge in [0.25, 0.3) is 0 Å². The fourth-order valence-electron chi connectivity index (χ4n) is 4.38. The van der Waals surface area contributed by atoms with Gasteiger partial charge in [0.05, 0.1) is 11.8 Å². The van der Waals surface area contributed by atoms with Crippen molar-refractivity contribution in [3.63, 3.8) is 0 Å². The molecule has 4 aliphatic rings. The molecule has 0 aromatic carbocycles. The van der Waals surface area contributed by atoms with Crippen molar-refractivity contribution >= 4 is 34.3 Å². The van der Waals surface area contributed by atoms with Gasteiger partial charge >= 0.3 is 6.03 Å². The molecule has 1 aliphatic heterocycles. The van der Waals surface area contributed by atoms with Crippen LogP contribution in [-0.2, 0) is 9.59 Å². The molecule has 2 fully saturated rings. The van der Waals surface area contributed by atoms with E-state index in [-0.39, 0.29) is 41.4 Å². The van der Waals surface area contributed by atoms with E-state index in [1.165, 1.54) is 16.2 Å². The molecule has 2 heterocycles. The van der Waals surface area contributed by atoms with Gasteiger partial charge < -0.3 is 5.32 Å². The number of hydrogen-bond acceptors (Lipinski definition) is 6. The molecule has 0 spiro atoms. The van der Waals surface area contributed by atoms with Crippen molar-refractivity contribution in [2.24, 2.45) is 23.7 Å². The van der Waals surface area contributed by atoms with E-state index in [0.717, 1.165) is 17.8 Å². The first-order chi connectivity index (χ1) is 12.9. The number of carbonyl (C=O) groups is 3. The molecule has 5 atom stereocenters. The quantitative estimate of drug-likeness (QED) is 0.607. The monoisotopic (exact) mass is 389 g/mol. The molecule has 1 saturated carbocycles. The second-order valence-corrected chi connectivity index (χ2v) is 8.77. The Hall–Kier alpha value is -2.29. The van der Waals surface area contributed by atoms with Gasteiger partial charge in [-0.3, -0.25) is 19.8 Å². The summed E-state index contributed by atoms with van der Waals surface area (Å²) in [5.41, 5.74) is 0. The average Bonchev–Trinajstić information content (AvgIpc) is 3.20. The second-order valence-electron chi connectivity index (χ2n) is 7.76. The van der Waals surface area contributed by atoms with E-state index in [0.29, 0.717) is 5.13 Å². The third-order valence-corrected chi connectivity index (χ3v) is 6.81. The van der Waals surface area contributed by atoms with Crippen molar-refractivity contribution in [3.8, 4) is 0 Å². The molecule has 8 nitrogen and oxygen atoms in total. The summed E-state index contributed by atoms with van der Waals surface area (Å²) in [4.78, 5) is 39.3. The van der Waals surface area contributed by atoms with Crippen molar-refractivity contribution in [2.75, 3.05) is 5.32 Å². The number of hydrogen-bond donors (Lipinski definition) is 2. The van der Waals surface area contributed by atoms with Gasteiger partial charge in [0, 0.05) is 5.92 Å². The van der Waals surface area contributed by atoms with Gasteiger partial charge in [-0.25, -0.2) is 4.79 Å². The van der Waals surface area contributed by atoms with Crippen molar-refractivity contribution in [2.45, 2.75) is 45.7 Å². The van der Waals surface area contributed by atoms with Crippen molar-refractivity contribution < 1.29 is 14.4 Å². The molecule has 5 rings (SSSR count). The molecule has 2 N–H and O–H groups in total. The van der Waals surface area contributed by atoms with Gasteiger partial charge in [-0.05, 0) is 31.6 Å². The number of likely N-dealkylation sites (tertiary alicyclic amines) is 1. The Labute approximate surface area is 161 Å². The molecule has 4 amide bonds. The molecule has 2 bridgehead atoms. The summed E-state index contributed by atoms with van der Waals surface area (Å²) < 4.78 is 0. The van der Waals surface area contributed by atoms with E-state index in [1.54, 1.807) is 6.92 Å². The maximum absolute atomic E-state index is 12.9. The molecule has 1 aromatic rings. The number of allylic oxidation sites excluding steroid dienone is 2. The summed E-state index contributed by atoms with van der Waals surface area (Å²) >= 11 is 1.30. The molecule has 144 valence electrons. The van der Waals surface area contributed by atoms with Crippen LogP contribution >= 0.6 is 11.3 Å². The first kappa shape index (κ1) is 18.1. The Balaban J connectivity index is 1.42. The standard InChI is InChI=1S/C18H23N5O3S/c1-8(2)14-21-22-18(27-14)20-17(26)19-9(3)23-15(24)12-10-4-5-11(7-6-10)13(12)16(23)25/h4-5,8-13H,6-7H2,1-3H3,(H2,19,20,22,26)/t9-,10-,11-,12+,13+/m0/s1. The molecule has 9 heteroatoms. The zero-order valence-corrected chi connectivity index (χ0v) is 16.3. The van der Waals surface area contributed by atoms with Crippen molar-refractivity contribution in [3.05, 3.63) is 17.2 Å². The largest absolute Gasteiger partial charge is 0.322 e. The van der Waals surface area contributed by atoms with Crippen molar-refractivity contribution in [1.29, 1.82) is 0 Å². The number of aromatic nitrogens is 2. The van der Waals surface area contributed by atoms with Gasteiger partial charge in [-0.2, -0.15) is 0 Å². The summed E-state index contributed by atoms with van der Waals surface area (Å²) in [5, 5.41) is 14.5. The minimum atomic E-state index is -0.715. The maximum atomic E-state index is 12.9. The predicted octanol–water partition coefficient (Wildman–Crippen LogP) is 2.33. The molecular formula is C18H23N5O3S. The fourth-order valence-corrected chi connectivity index (χ4v) is 5.13. The lowest BCUT2D eigenvalue weighted by Gasteiger charge is -2.38. The van der Waals surface area contributed by atoms with Crippen LogP contribution in [0.4, 0.5) is 9.93 Å². The third-order valence-electron chi connectivity index (χ3n) is 5.68. The van der Waals surface area contributed by atoms with Crippen molar-refractivity contribution in [1.82, 2.24) is 20.4 Å². The molecule has 1 aromatic heterocycles. The van der Waals surface area contributed by atoms with E-state index in [2.05, 4.69) is 33.0 Å². The second kappa shape index (κ2) is 6.70. The Bertz CT molecular complexity index is 788. The third kappa shape index (κ3) is 3.03. The molecule has 0 radical (unpaired) electrons. The zero-order chi connectivity index (χ0) is 19.3. The van der Waals surface area contributed by atoms with Crippen LogP contribution in [0.1, 0.15) is 44.5 Å². The summed E-state index contributed by atoms with van der Waals surface area (Å²) in [6.07, 6.45) is 5.35. The van der Waals surface area contributed by atoms with E-state index in [1.807, 2.05) is 13.8 Å². The molecule has 1 saturated heterocycles. The summed E-state index contributed by atoms with van der Waals surface area (Å²) in [7, 11) is 0. The molecule has 0 unspecified atom stereocenters. The number of fused-ring (bicyclic) bond motifs is 1. The first-order valence-electron chi connectivity index (χ1n) is 9.33. The lowest BCUT2D eigenvalue weighted by molar-refractivity contribution is -0.142. The van der Waals surface area contributed by atoms with Crippen LogP contribution in [0, 0.1) is 23.7 Å². The Kier molecular flexibility index (Phi) is 4.49. The number of amides is 4. The Morgan fingerprint density at radius 1 is 1.11 bits per heavy atom. The van der Waals surface area contributed by atoms with Crippen LogP contribution in [0.5, 0.6) is 0 Å². The van der Waals surface area contributed by atoms with Crippen LogP contribution < -0.4 is 10.6 Å². The van der Waals surface area contributed by atoms with Crippen LogP contribution in [0.2, 0.25) is 0 Å². The topological polar surface area (TPSA) is 104 Å². The molecule has 3 aliphatic carbocycles. The van der Waals surface area contributed by atoms with E-state index in [4.69, 9.17) is 0 Å². The summed E-state index contributed by atoms with van der Waals surface area (Å²) in [6.45, 7) is 5.65. The number of nitrogens with one attached hydrogen (secondary N) is 2. The normalized spacial score (nSPS) is 30.0.